The van der Waals surface area contributed by atoms with E-state index in [0.717, 1.165) is 19.3 Å². The third kappa shape index (κ3) is 5.34. The molecule has 0 heterocycles. The quantitative estimate of drug-likeness (QED) is 0.681. The molecule has 1 aromatic carbocycles. The number of carboxylic acids is 1. The number of hydrogen-bond donors (Lipinski definition) is 2. The number of aryl methyl sites for hydroxylation is 1. The Labute approximate surface area is 143 Å². The van der Waals surface area contributed by atoms with Gasteiger partial charge in [-0.05, 0) is 56.1 Å². The van der Waals surface area contributed by atoms with Crippen LogP contribution in [-0.4, -0.2) is 36.2 Å². The van der Waals surface area contributed by atoms with Gasteiger partial charge in [-0.15, -0.1) is 0 Å². The van der Waals surface area contributed by atoms with Gasteiger partial charge in [-0.3, -0.25) is 4.79 Å². The Morgan fingerprint density at radius 2 is 2.17 bits per heavy atom. The number of rotatable bonds is 9. The summed E-state index contributed by atoms with van der Waals surface area (Å²) < 4.78 is 5.20. The van der Waals surface area contributed by atoms with Gasteiger partial charge in [-0.25, -0.2) is 4.79 Å². The Bertz CT molecular complexity index is 558. The van der Waals surface area contributed by atoms with Crippen molar-refractivity contribution < 1.29 is 19.4 Å². The molecule has 0 radical (unpaired) electrons. The van der Waals surface area contributed by atoms with Crippen LogP contribution in [0.25, 0.3) is 0 Å². The molecule has 5 nitrogen and oxygen atoms in total. The fraction of sp³-hybridized carbons (Fsp3) is 0.579. The lowest BCUT2D eigenvalue weighted by molar-refractivity contribution is -0.142. The molecule has 0 aliphatic heterocycles. The Kier molecular flexibility index (Phi) is 7.25. The third-order valence-electron chi connectivity index (χ3n) is 4.54. The summed E-state index contributed by atoms with van der Waals surface area (Å²) in [4.78, 5) is 23.5. The van der Waals surface area contributed by atoms with Crippen molar-refractivity contribution >= 4 is 11.9 Å². The van der Waals surface area contributed by atoms with E-state index < -0.39 is 12.0 Å². The highest BCUT2D eigenvalue weighted by atomic mass is 16.5. The topological polar surface area (TPSA) is 75.6 Å². The van der Waals surface area contributed by atoms with E-state index in [1.807, 2.05) is 19.1 Å². The van der Waals surface area contributed by atoms with E-state index in [-0.39, 0.29) is 11.8 Å². The van der Waals surface area contributed by atoms with Gasteiger partial charge in [0.05, 0.1) is 0 Å². The van der Waals surface area contributed by atoms with Crippen molar-refractivity contribution in [1.29, 1.82) is 0 Å². The van der Waals surface area contributed by atoms with E-state index in [1.54, 1.807) is 0 Å². The summed E-state index contributed by atoms with van der Waals surface area (Å²) in [5.74, 6) is -0.984. The first-order chi connectivity index (χ1) is 11.6. The predicted molar refractivity (Wildman–Crippen MR) is 92.0 cm³/mol. The minimum absolute atomic E-state index is 0.194. The standard InChI is InChI=1S/C19H27NO4/c1-2-24-12-6-11-18(21)20-17(19(22)23)13-15-9-5-8-14-7-3-4-10-16(14)15/h3-4,7,10,15,17H,2,5-6,8-9,11-13H2,1H3,(H,20,21)(H,22,23). The van der Waals surface area contributed by atoms with Crippen molar-refractivity contribution in [3.8, 4) is 0 Å². The molecule has 0 saturated carbocycles. The van der Waals surface area contributed by atoms with E-state index in [4.69, 9.17) is 4.74 Å². The van der Waals surface area contributed by atoms with Crippen LogP contribution in [0.1, 0.15) is 56.1 Å². The molecule has 0 fully saturated rings. The maximum atomic E-state index is 12.0. The summed E-state index contributed by atoms with van der Waals surface area (Å²) >= 11 is 0. The Balaban J connectivity index is 1.92. The molecule has 2 rings (SSSR count). The number of carbonyl (C=O) groups excluding carboxylic acids is 1. The number of carbonyl (C=O) groups is 2. The van der Waals surface area contributed by atoms with Crippen molar-refractivity contribution in [2.45, 2.75) is 57.4 Å². The lowest BCUT2D eigenvalue weighted by Crippen LogP contribution is -2.42. The second kappa shape index (κ2) is 9.42. The average Bonchev–Trinajstić information content (AvgIpc) is 2.58. The van der Waals surface area contributed by atoms with Gasteiger partial charge in [0.1, 0.15) is 6.04 Å². The van der Waals surface area contributed by atoms with Crippen LogP contribution in [0.2, 0.25) is 0 Å². The molecular formula is C19H27NO4. The first-order valence-corrected chi connectivity index (χ1v) is 8.79. The average molecular weight is 333 g/mol. The van der Waals surface area contributed by atoms with Gasteiger partial charge < -0.3 is 15.2 Å². The van der Waals surface area contributed by atoms with Crippen molar-refractivity contribution in [2.24, 2.45) is 0 Å². The predicted octanol–water partition coefficient (Wildman–Crippen LogP) is 2.88. The smallest absolute Gasteiger partial charge is 0.326 e. The summed E-state index contributed by atoms with van der Waals surface area (Å²) in [6.07, 6.45) is 4.44. The van der Waals surface area contributed by atoms with E-state index in [2.05, 4.69) is 17.4 Å². The molecule has 0 bridgehead atoms. The highest BCUT2D eigenvalue weighted by molar-refractivity contribution is 5.83. The fourth-order valence-corrected chi connectivity index (χ4v) is 3.35. The first kappa shape index (κ1) is 18.5. The fourth-order valence-electron chi connectivity index (χ4n) is 3.35. The van der Waals surface area contributed by atoms with Crippen LogP contribution in [0.4, 0.5) is 0 Å². The van der Waals surface area contributed by atoms with Gasteiger partial charge in [0.25, 0.3) is 0 Å². The number of aliphatic carboxylic acids is 1. The van der Waals surface area contributed by atoms with Crippen LogP contribution in [0.5, 0.6) is 0 Å². The summed E-state index contributed by atoms with van der Waals surface area (Å²) in [5, 5.41) is 12.1. The molecule has 2 N–H and O–H groups in total. The zero-order chi connectivity index (χ0) is 17.4. The number of ether oxygens (including phenoxy) is 1. The molecule has 1 aliphatic carbocycles. The molecule has 0 saturated heterocycles. The van der Waals surface area contributed by atoms with Gasteiger partial charge in [0, 0.05) is 19.6 Å². The van der Waals surface area contributed by atoms with Gasteiger partial charge in [0.2, 0.25) is 5.91 Å². The minimum Gasteiger partial charge on any atom is -0.480 e. The Morgan fingerprint density at radius 3 is 2.92 bits per heavy atom. The molecule has 24 heavy (non-hydrogen) atoms. The largest absolute Gasteiger partial charge is 0.480 e. The van der Waals surface area contributed by atoms with Crippen LogP contribution in [0.15, 0.2) is 24.3 Å². The number of nitrogens with one attached hydrogen (secondary N) is 1. The highest BCUT2D eigenvalue weighted by Crippen LogP contribution is 2.34. The molecule has 1 aliphatic rings. The van der Waals surface area contributed by atoms with Gasteiger partial charge in [-0.2, -0.15) is 0 Å². The van der Waals surface area contributed by atoms with Crippen molar-refractivity contribution in [3.05, 3.63) is 35.4 Å². The Morgan fingerprint density at radius 1 is 1.38 bits per heavy atom. The molecular weight excluding hydrogens is 306 g/mol. The SMILES string of the molecule is CCOCCCC(=O)NC(CC1CCCc2ccccc21)C(=O)O. The maximum absolute atomic E-state index is 12.0. The van der Waals surface area contributed by atoms with E-state index >= 15 is 0 Å². The summed E-state index contributed by atoms with van der Waals surface area (Å²) in [7, 11) is 0. The summed E-state index contributed by atoms with van der Waals surface area (Å²) in [6, 6.07) is 7.39. The monoisotopic (exact) mass is 333 g/mol. The lowest BCUT2D eigenvalue weighted by Gasteiger charge is -2.28. The molecule has 2 atom stereocenters. The molecule has 1 aromatic rings. The highest BCUT2D eigenvalue weighted by Gasteiger charge is 2.27. The molecule has 0 spiro atoms. The molecule has 2 unspecified atom stereocenters. The van der Waals surface area contributed by atoms with Gasteiger partial charge in [-0.1, -0.05) is 24.3 Å². The van der Waals surface area contributed by atoms with Gasteiger partial charge in [0.15, 0.2) is 0 Å². The van der Waals surface area contributed by atoms with Crippen molar-refractivity contribution in [2.75, 3.05) is 13.2 Å². The number of amides is 1. The molecule has 132 valence electrons. The normalized spacial score (nSPS) is 17.8. The van der Waals surface area contributed by atoms with Crippen LogP contribution in [0.3, 0.4) is 0 Å². The van der Waals surface area contributed by atoms with E-state index in [1.165, 1.54) is 11.1 Å². The lowest BCUT2D eigenvalue weighted by atomic mass is 9.79. The van der Waals surface area contributed by atoms with Crippen LogP contribution in [-0.2, 0) is 20.7 Å². The second-order valence-electron chi connectivity index (χ2n) is 6.28. The number of benzene rings is 1. The third-order valence-corrected chi connectivity index (χ3v) is 4.54. The Hall–Kier alpha value is -1.88. The number of carboxylic acid groups (broad SMARTS) is 1. The van der Waals surface area contributed by atoms with Crippen LogP contribution < -0.4 is 5.32 Å². The minimum atomic E-state index is -0.962. The molecule has 0 aromatic heterocycles. The second-order valence-corrected chi connectivity index (χ2v) is 6.28. The number of fused-ring (bicyclic) bond motifs is 1. The zero-order valence-corrected chi connectivity index (χ0v) is 14.3. The van der Waals surface area contributed by atoms with E-state index in [9.17, 15) is 14.7 Å². The van der Waals surface area contributed by atoms with Crippen LogP contribution >= 0.6 is 0 Å². The first-order valence-electron chi connectivity index (χ1n) is 8.79. The van der Waals surface area contributed by atoms with Gasteiger partial charge >= 0.3 is 5.97 Å². The summed E-state index contributed by atoms with van der Waals surface area (Å²) in [5.41, 5.74) is 2.54. The maximum Gasteiger partial charge on any atom is 0.326 e. The van der Waals surface area contributed by atoms with Crippen LogP contribution in [0, 0.1) is 0 Å². The summed E-state index contributed by atoms with van der Waals surface area (Å²) in [6.45, 7) is 3.06. The van der Waals surface area contributed by atoms with Crippen molar-refractivity contribution in [1.82, 2.24) is 5.32 Å². The van der Waals surface area contributed by atoms with E-state index in [0.29, 0.717) is 32.5 Å². The molecule has 1 amide bonds. The number of hydrogen-bond acceptors (Lipinski definition) is 3. The zero-order valence-electron chi connectivity index (χ0n) is 14.3. The van der Waals surface area contributed by atoms with Crippen molar-refractivity contribution in [3.63, 3.8) is 0 Å². The molecule has 5 heteroatoms.